The van der Waals surface area contributed by atoms with E-state index in [9.17, 15) is 4.79 Å². The van der Waals surface area contributed by atoms with Crippen molar-refractivity contribution in [3.63, 3.8) is 0 Å². The number of piperazine rings is 1. The number of aldehydes is 1. The van der Waals surface area contributed by atoms with E-state index in [4.69, 9.17) is 4.52 Å². The van der Waals surface area contributed by atoms with Gasteiger partial charge in [-0.1, -0.05) is 41.5 Å². The molecule has 0 radical (unpaired) electrons. The van der Waals surface area contributed by atoms with E-state index in [1.165, 1.54) is 11.9 Å². The maximum atomic E-state index is 10.7. The van der Waals surface area contributed by atoms with Crippen LogP contribution in [0.1, 0.15) is 61.3 Å². The van der Waals surface area contributed by atoms with Gasteiger partial charge in [-0.3, -0.25) is 0 Å². The van der Waals surface area contributed by atoms with Crippen molar-refractivity contribution < 1.29 is 9.32 Å². The van der Waals surface area contributed by atoms with E-state index < -0.39 is 0 Å². The minimum absolute atomic E-state index is 0.148. The normalized spacial score (nSPS) is 18.2. The minimum atomic E-state index is -0.229. The van der Waals surface area contributed by atoms with E-state index in [1.54, 1.807) is 0 Å². The Kier molecular flexibility index (Phi) is 15.5. The lowest BCUT2D eigenvalue weighted by atomic mass is 9.91. The molecule has 6 heteroatoms. The van der Waals surface area contributed by atoms with Gasteiger partial charge in [-0.15, -0.1) is 11.4 Å². The maximum Gasteiger partial charge on any atom is 0.125 e. The molecule has 0 bridgehead atoms. The second-order valence-electron chi connectivity index (χ2n) is 8.10. The van der Waals surface area contributed by atoms with Gasteiger partial charge in [0.2, 0.25) is 0 Å². The van der Waals surface area contributed by atoms with Gasteiger partial charge in [0.1, 0.15) is 6.29 Å². The Morgan fingerprint density at radius 1 is 1.23 bits per heavy atom. The number of hydrogen-bond donors (Lipinski definition) is 1. The molecule has 2 unspecified atom stereocenters. The van der Waals surface area contributed by atoms with Crippen LogP contribution < -0.4 is 5.32 Å². The monoisotopic (exact) mass is 406 g/mol. The molecule has 0 aromatic rings. The number of carbonyl (C=O) groups is 1. The van der Waals surface area contributed by atoms with Gasteiger partial charge >= 0.3 is 0 Å². The summed E-state index contributed by atoms with van der Waals surface area (Å²) >= 11 is 1.99. The molecular weight excluding hydrogens is 363 g/mol. The van der Waals surface area contributed by atoms with Crippen molar-refractivity contribution in [1.82, 2.24) is 10.2 Å². The Morgan fingerprint density at radius 3 is 2.31 bits per heavy atom. The predicted molar refractivity (Wildman–Crippen MR) is 119 cm³/mol. The van der Waals surface area contributed by atoms with E-state index in [1.807, 2.05) is 25.2 Å². The van der Waals surface area contributed by atoms with Crippen LogP contribution in [-0.2, 0) is 9.32 Å². The summed E-state index contributed by atoms with van der Waals surface area (Å²) in [7, 11) is -0.229. The fourth-order valence-electron chi connectivity index (χ4n) is 2.28. The molecule has 1 saturated heterocycles. The number of nitrogens with zero attached hydrogens (tertiary/aromatic N) is 1. The molecule has 156 valence electrons. The Hall–Kier alpha value is 0.330. The van der Waals surface area contributed by atoms with Gasteiger partial charge in [0, 0.05) is 37.8 Å². The lowest BCUT2D eigenvalue weighted by Crippen LogP contribution is -2.44. The third kappa shape index (κ3) is 14.4. The average Bonchev–Trinajstić information content (AvgIpc) is 2.61. The quantitative estimate of drug-likeness (QED) is 0.385. The standard InChI is InChI=1S/C10H20N2O.C10H23OPS/c1-10(2,9-13)3-6-12-7-4-11-5-8-12;1-6-10(5)11-12(13-7-2)8-9(3)4/h9,11H,3-8H2,1-2H3;9-10H,6-8H2,1-5H3. The van der Waals surface area contributed by atoms with Crippen LogP contribution in [0.5, 0.6) is 0 Å². The van der Waals surface area contributed by atoms with Gasteiger partial charge in [0.25, 0.3) is 0 Å². The number of carbonyl (C=O) groups excluding carboxylic acids is 1. The third-order valence-electron chi connectivity index (χ3n) is 4.26. The van der Waals surface area contributed by atoms with Crippen LogP contribution in [-0.4, -0.2) is 61.9 Å². The van der Waals surface area contributed by atoms with Crippen molar-refractivity contribution in [3.05, 3.63) is 0 Å². The van der Waals surface area contributed by atoms with Crippen LogP contribution in [0.3, 0.4) is 0 Å². The first-order valence-electron chi connectivity index (χ1n) is 10.2. The third-order valence-corrected chi connectivity index (χ3v) is 8.77. The molecule has 1 aliphatic rings. The molecule has 0 aliphatic carbocycles. The molecule has 0 aromatic carbocycles. The summed E-state index contributed by atoms with van der Waals surface area (Å²) in [6.07, 6.45) is 4.83. The van der Waals surface area contributed by atoms with Crippen molar-refractivity contribution in [1.29, 1.82) is 0 Å². The molecule has 1 rings (SSSR count). The number of rotatable bonds is 11. The zero-order valence-corrected chi connectivity index (χ0v) is 19.9. The fourth-order valence-corrected chi connectivity index (χ4v) is 6.67. The molecule has 26 heavy (non-hydrogen) atoms. The summed E-state index contributed by atoms with van der Waals surface area (Å²) in [6.45, 7) is 20.6. The van der Waals surface area contributed by atoms with Gasteiger partial charge in [-0.25, -0.2) is 0 Å². The fraction of sp³-hybridized carbons (Fsp3) is 0.950. The first-order chi connectivity index (χ1) is 12.2. The van der Waals surface area contributed by atoms with E-state index in [0.29, 0.717) is 6.10 Å². The molecule has 0 saturated carbocycles. The molecule has 0 aromatic heterocycles. The summed E-state index contributed by atoms with van der Waals surface area (Å²) in [4.78, 5) is 13.1. The van der Waals surface area contributed by atoms with Crippen LogP contribution >= 0.6 is 18.7 Å². The van der Waals surface area contributed by atoms with E-state index in [2.05, 4.69) is 44.8 Å². The zero-order valence-electron chi connectivity index (χ0n) is 18.2. The Morgan fingerprint density at radius 2 is 1.85 bits per heavy atom. The van der Waals surface area contributed by atoms with Gasteiger partial charge in [0.15, 0.2) is 0 Å². The molecule has 1 N–H and O–H groups in total. The summed E-state index contributed by atoms with van der Waals surface area (Å²) in [6, 6.07) is 0. The van der Waals surface area contributed by atoms with Gasteiger partial charge < -0.3 is 19.5 Å². The van der Waals surface area contributed by atoms with E-state index >= 15 is 0 Å². The molecule has 2 atom stereocenters. The number of nitrogens with one attached hydrogen (secondary N) is 1. The molecule has 1 heterocycles. The highest BCUT2D eigenvalue weighted by Gasteiger charge is 2.18. The Balaban J connectivity index is 0.000000481. The first kappa shape index (κ1) is 26.3. The Labute approximate surface area is 168 Å². The number of hydrogen-bond acceptors (Lipinski definition) is 5. The van der Waals surface area contributed by atoms with E-state index in [-0.39, 0.29) is 12.8 Å². The summed E-state index contributed by atoms with van der Waals surface area (Å²) < 4.78 is 5.98. The first-order valence-corrected chi connectivity index (χ1v) is 13.2. The summed E-state index contributed by atoms with van der Waals surface area (Å²) in [5, 5.41) is 3.31. The van der Waals surface area contributed by atoms with Crippen LogP contribution in [0.4, 0.5) is 0 Å². The minimum Gasteiger partial charge on any atom is -0.345 e. The highest BCUT2D eigenvalue weighted by atomic mass is 32.7. The highest BCUT2D eigenvalue weighted by molar-refractivity contribution is 8.54. The molecule has 1 fully saturated rings. The summed E-state index contributed by atoms with van der Waals surface area (Å²) in [5.41, 5.74) is -0.148. The van der Waals surface area contributed by atoms with Crippen molar-refractivity contribution in [2.45, 2.75) is 67.4 Å². The van der Waals surface area contributed by atoms with Crippen LogP contribution in [0, 0.1) is 11.3 Å². The largest absolute Gasteiger partial charge is 0.345 e. The van der Waals surface area contributed by atoms with Crippen molar-refractivity contribution in [3.8, 4) is 0 Å². The molecular formula is C20H43N2O2PS. The van der Waals surface area contributed by atoms with Crippen LogP contribution in [0.25, 0.3) is 0 Å². The smallest absolute Gasteiger partial charge is 0.125 e. The maximum absolute atomic E-state index is 10.7. The lowest BCUT2D eigenvalue weighted by Gasteiger charge is -2.29. The zero-order chi connectivity index (χ0) is 20.0. The van der Waals surface area contributed by atoms with Crippen molar-refractivity contribution >= 4 is 25.0 Å². The van der Waals surface area contributed by atoms with Crippen molar-refractivity contribution in [2.75, 3.05) is 44.6 Å². The topological polar surface area (TPSA) is 41.6 Å². The second kappa shape index (κ2) is 15.3. The van der Waals surface area contributed by atoms with Gasteiger partial charge in [0.05, 0.1) is 13.5 Å². The van der Waals surface area contributed by atoms with Crippen molar-refractivity contribution in [2.24, 2.45) is 11.3 Å². The lowest BCUT2D eigenvalue weighted by molar-refractivity contribution is -0.115. The van der Waals surface area contributed by atoms with Crippen LogP contribution in [0.2, 0.25) is 0 Å². The molecule has 0 spiro atoms. The van der Waals surface area contributed by atoms with E-state index in [0.717, 1.165) is 57.8 Å². The molecule has 4 nitrogen and oxygen atoms in total. The molecule has 1 aliphatic heterocycles. The van der Waals surface area contributed by atoms with Gasteiger partial charge in [-0.2, -0.15) is 0 Å². The summed E-state index contributed by atoms with van der Waals surface area (Å²) in [5.74, 6) is 1.93. The Bertz CT molecular complexity index is 351. The molecule has 0 amide bonds. The second-order valence-corrected chi connectivity index (χ2v) is 12.2. The van der Waals surface area contributed by atoms with Gasteiger partial charge in [-0.05, 0) is 38.0 Å². The SMILES string of the molecule is CC(C)(C=O)CCN1CCNCC1.CCSP(CC(C)C)OC(C)CC. The average molecular weight is 407 g/mol. The van der Waals surface area contributed by atoms with Crippen LogP contribution in [0.15, 0.2) is 0 Å². The highest BCUT2D eigenvalue weighted by Crippen LogP contribution is 2.52. The predicted octanol–water partition coefficient (Wildman–Crippen LogP) is 5.03.